The largest absolute Gasteiger partial charge is 0.468 e. The lowest BCUT2D eigenvalue weighted by Gasteiger charge is -2.13. The highest BCUT2D eigenvalue weighted by atomic mass is 35.5. The second-order valence-electron chi connectivity index (χ2n) is 4.37. The highest BCUT2D eigenvalue weighted by Crippen LogP contribution is 2.36. The Bertz CT molecular complexity index is 564. The van der Waals surface area contributed by atoms with Gasteiger partial charge in [0.1, 0.15) is 6.04 Å². The molecule has 1 aromatic rings. The van der Waals surface area contributed by atoms with Crippen LogP contribution in [0.5, 0.6) is 0 Å². The summed E-state index contributed by atoms with van der Waals surface area (Å²) in [6.07, 6.45) is -4.62. The molecular weight excluding hydrogens is 325 g/mol. The first kappa shape index (κ1) is 18.2. The van der Waals surface area contributed by atoms with Crippen LogP contribution >= 0.6 is 11.6 Å². The van der Waals surface area contributed by atoms with E-state index in [1.54, 1.807) is 0 Å². The minimum Gasteiger partial charge on any atom is -0.468 e. The zero-order valence-corrected chi connectivity index (χ0v) is 12.5. The van der Waals surface area contributed by atoms with Crippen molar-refractivity contribution in [3.8, 4) is 0 Å². The summed E-state index contributed by atoms with van der Waals surface area (Å²) in [5, 5.41) is 4.40. The number of rotatable bonds is 5. The molecule has 1 aromatic carbocycles. The molecule has 0 bridgehead atoms. The number of benzene rings is 1. The van der Waals surface area contributed by atoms with E-state index < -0.39 is 34.7 Å². The third kappa shape index (κ3) is 5.19. The van der Waals surface area contributed by atoms with Crippen molar-refractivity contribution in [1.82, 2.24) is 5.32 Å². The van der Waals surface area contributed by atoms with Crippen LogP contribution in [0.15, 0.2) is 18.2 Å². The minimum atomic E-state index is -4.62. The lowest BCUT2D eigenvalue weighted by molar-refractivity contribution is -0.142. The van der Waals surface area contributed by atoms with Crippen LogP contribution < -0.4 is 10.6 Å². The molecule has 0 radical (unpaired) electrons. The van der Waals surface area contributed by atoms with Gasteiger partial charge in [-0.05, 0) is 25.1 Å². The molecule has 0 aromatic heterocycles. The summed E-state index contributed by atoms with van der Waals surface area (Å²) in [6, 6.07) is 2.32. The molecule has 0 heterocycles. The van der Waals surface area contributed by atoms with Gasteiger partial charge in [-0.1, -0.05) is 11.6 Å². The van der Waals surface area contributed by atoms with Gasteiger partial charge >= 0.3 is 12.1 Å². The molecule has 0 unspecified atom stereocenters. The normalized spacial score (nSPS) is 12.6. The molecule has 1 atom stereocenters. The van der Waals surface area contributed by atoms with Gasteiger partial charge in [0.05, 0.1) is 24.2 Å². The van der Waals surface area contributed by atoms with Gasteiger partial charge in [0.25, 0.3) is 0 Å². The van der Waals surface area contributed by atoms with E-state index in [9.17, 15) is 22.8 Å². The molecule has 22 heavy (non-hydrogen) atoms. The summed E-state index contributed by atoms with van der Waals surface area (Å²) in [6.45, 7) is 1.23. The maximum atomic E-state index is 12.7. The van der Waals surface area contributed by atoms with Crippen LogP contribution in [0, 0.1) is 0 Å². The van der Waals surface area contributed by atoms with Gasteiger partial charge in [0.15, 0.2) is 0 Å². The Morgan fingerprint density at radius 2 is 2.00 bits per heavy atom. The fraction of sp³-hybridized carbons (Fsp3) is 0.385. The Morgan fingerprint density at radius 3 is 2.55 bits per heavy atom. The Hall–Kier alpha value is -1.80. The van der Waals surface area contributed by atoms with E-state index >= 15 is 0 Å². The van der Waals surface area contributed by atoms with Gasteiger partial charge in [0.2, 0.25) is 5.91 Å². The molecule has 0 saturated carbocycles. The Kier molecular flexibility index (Phi) is 6.19. The van der Waals surface area contributed by atoms with Gasteiger partial charge in [-0.15, -0.1) is 0 Å². The van der Waals surface area contributed by atoms with E-state index in [4.69, 9.17) is 11.6 Å². The van der Waals surface area contributed by atoms with Crippen molar-refractivity contribution >= 4 is 29.2 Å². The lowest BCUT2D eigenvalue weighted by Crippen LogP contribution is -2.39. The van der Waals surface area contributed by atoms with Gasteiger partial charge < -0.3 is 10.1 Å². The first-order valence-corrected chi connectivity index (χ1v) is 6.50. The summed E-state index contributed by atoms with van der Waals surface area (Å²) < 4.78 is 42.5. The average Bonchev–Trinajstić information content (AvgIpc) is 2.44. The first-order chi connectivity index (χ1) is 10.1. The quantitative estimate of drug-likeness (QED) is 0.809. The molecule has 0 spiro atoms. The maximum Gasteiger partial charge on any atom is 0.417 e. The predicted molar refractivity (Wildman–Crippen MR) is 74.6 cm³/mol. The molecule has 0 aliphatic carbocycles. The van der Waals surface area contributed by atoms with E-state index in [1.807, 2.05) is 0 Å². The number of amides is 1. The van der Waals surface area contributed by atoms with Crippen molar-refractivity contribution in [2.75, 3.05) is 19.0 Å². The molecule has 5 nitrogen and oxygen atoms in total. The second-order valence-corrected chi connectivity index (χ2v) is 4.77. The van der Waals surface area contributed by atoms with Crippen LogP contribution in [-0.4, -0.2) is 31.6 Å². The number of anilines is 1. The van der Waals surface area contributed by atoms with Crippen molar-refractivity contribution in [2.45, 2.75) is 19.1 Å². The lowest BCUT2D eigenvalue weighted by atomic mass is 10.2. The molecule has 0 fully saturated rings. The minimum absolute atomic E-state index is 0.0470. The fourth-order valence-corrected chi connectivity index (χ4v) is 1.76. The summed E-state index contributed by atoms with van der Waals surface area (Å²) in [5.74, 6) is -1.16. The molecule has 2 N–H and O–H groups in total. The molecule has 9 heteroatoms. The number of carbonyl (C=O) groups is 2. The maximum absolute atomic E-state index is 12.7. The Morgan fingerprint density at radius 1 is 1.36 bits per heavy atom. The van der Waals surface area contributed by atoms with E-state index in [2.05, 4.69) is 15.4 Å². The van der Waals surface area contributed by atoms with E-state index in [0.717, 1.165) is 12.1 Å². The number of carbonyl (C=O) groups excluding carboxylic acids is 2. The van der Waals surface area contributed by atoms with Crippen molar-refractivity contribution in [1.29, 1.82) is 0 Å². The number of hydrogen-bond donors (Lipinski definition) is 2. The van der Waals surface area contributed by atoms with Gasteiger partial charge in [-0.2, -0.15) is 13.2 Å². The SMILES string of the molecule is COC(=O)[C@H](C)NCC(=O)Nc1ccc(Cl)c(C(F)(F)F)c1. The number of hydrogen-bond acceptors (Lipinski definition) is 4. The molecule has 0 saturated heterocycles. The Balaban J connectivity index is 2.68. The summed E-state index contributed by atoms with van der Waals surface area (Å²) >= 11 is 5.47. The standard InChI is InChI=1S/C13H14ClF3N2O3/c1-7(12(21)22-2)18-6-11(20)19-8-3-4-10(14)9(5-8)13(15,16)17/h3-5,7,18H,6H2,1-2H3,(H,19,20)/t7-/m0/s1. The highest BCUT2D eigenvalue weighted by molar-refractivity contribution is 6.31. The zero-order chi connectivity index (χ0) is 16.9. The van der Waals surface area contributed by atoms with Crippen LogP contribution in [0.2, 0.25) is 5.02 Å². The van der Waals surface area contributed by atoms with Gasteiger partial charge in [0, 0.05) is 5.69 Å². The number of methoxy groups -OCH3 is 1. The number of nitrogens with one attached hydrogen (secondary N) is 2. The molecular formula is C13H14ClF3N2O3. The van der Waals surface area contributed by atoms with Crippen LogP contribution in [-0.2, 0) is 20.5 Å². The van der Waals surface area contributed by atoms with Crippen LogP contribution in [0.3, 0.4) is 0 Å². The average molecular weight is 339 g/mol. The van der Waals surface area contributed by atoms with Crippen molar-refractivity contribution in [3.63, 3.8) is 0 Å². The number of halogens is 4. The summed E-state index contributed by atoms with van der Waals surface area (Å²) in [7, 11) is 1.20. The van der Waals surface area contributed by atoms with Crippen molar-refractivity contribution in [3.05, 3.63) is 28.8 Å². The molecule has 0 aliphatic heterocycles. The number of esters is 1. The van der Waals surface area contributed by atoms with Gasteiger partial charge in [-0.25, -0.2) is 0 Å². The summed E-state index contributed by atoms with van der Waals surface area (Å²) in [4.78, 5) is 22.8. The van der Waals surface area contributed by atoms with Crippen LogP contribution in [0.25, 0.3) is 0 Å². The predicted octanol–water partition coefficient (Wildman–Crippen LogP) is 2.45. The number of ether oxygens (including phenoxy) is 1. The fourth-order valence-electron chi connectivity index (χ4n) is 1.53. The molecule has 122 valence electrons. The number of alkyl halides is 3. The van der Waals surface area contributed by atoms with E-state index in [-0.39, 0.29) is 12.2 Å². The van der Waals surface area contributed by atoms with Crippen LogP contribution in [0.4, 0.5) is 18.9 Å². The summed E-state index contributed by atoms with van der Waals surface area (Å²) in [5.41, 5.74) is -1.09. The first-order valence-electron chi connectivity index (χ1n) is 6.13. The third-order valence-corrected chi connectivity index (χ3v) is 3.01. The second kappa shape index (κ2) is 7.46. The van der Waals surface area contributed by atoms with Crippen LogP contribution in [0.1, 0.15) is 12.5 Å². The highest BCUT2D eigenvalue weighted by Gasteiger charge is 2.33. The van der Waals surface area contributed by atoms with Crippen molar-refractivity contribution in [2.24, 2.45) is 0 Å². The topological polar surface area (TPSA) is 67.4 Å². The molecule has 1 amide bonds. The van der Waals surface area contributed by atoms with E-state index in [1.165, 1.54) is 20.1 Å². The smallest absolute Gasteiger partial charge is 0.417 e. The third-order valence-electron chi connectivity index (χ3n) is 2.68. The van der Waals surface area contributed by atoms with Crippen molar-refractivity contribution < 1.29 is 27.5 Å². The molecule has 0 aliphatic rings. The monoisotopic (exact) mass is 338 g/mol. The zero-order valence-electron chi connectivity index (χ0n) is 11.8. The Labute approximate surface area is 129 Å². The molecule has 1 rings (SSSR count). The van der Waals surface area contributed by atoms with E-state index in [0.29, 0.717) is 0 Å². The van der Waals surface area contributed by atoms with Gasteiger partial charge in [-0.3, -0.25) is 14.9 Å².